The molecule has 1 aromatic heterocycles. The Balaban J connectivity index is 2.13. The molecule has 0 radical (unpaired) electrons. The topological polar surface area (TPSA) is 75.2 Å². The molecule has 0 fully saturated rings. The maximum absolute atomic E-state index is 6.18. The Morgan fingerprint density at radius 2 is 2.05 bits per heavy atom. The van der Waals surface area contributed by atoms with Gasteiger partial charge in [0.05, 0.1) is 25.8 Å². The van der Waals surface area contributed by atoms with E-state index in [0.717, 1.165) is 41.7 Å². The highest BCUT2D eigenvalue weighted by atomic mass is 16.5. The second kappa shape index (κ2) is 5.37. The molecule has 1 aliphatic rings. The van der Waals surface area contributed by atoms with Gasteiger partial charge in [-0.25, -0.2) is 0 Å². The Bertz CT molecular complexity index is 653. The lowest BCUT2D eigenvalue weighted by Gasteiger charge is -2.26. The average molecular weight is 288 g/mol. The van der Waals surface area contributed by atoms with E-state index in [-0.39, 0.29) is 6.04 Å². The van der Waals surface area contributed by atoms with Crippen molar-refractivity contribution in [1.29, 1.82) is 0 Å². The van der Waals surface area contributed by atoms with Gasteiger partial charge in [-0.05, 0) is 30.5 Å². The van der Waals surface area contributed by atoms with E-state index >= 15 is 0 Å². The number of methoxy groups -OCH3 is 2. The largest absolute Gasteiger partial charge is 0.497 e. The molecule has 1 aromatic carbocycles. The van der Waals surface area contributed by atoms with Crippen molar-refractivity contribution in [2.45, 2.75) is 25.9 Å². The molecule has 0 bridgehead atoms. The minimum absolute atomic E-state index is 0.0633. The number of nitrogens with two attached hydrogens (primary N) is 1. The Kier molecular flexibility index (Phi) is 3.55. The third-order valence-electron chi connectivity index (χ3n) is 3.91. The molecule has 0 amide bonds. The Morgan fingerprint density at radius 1 is 1.24 bits per heavy atom. The van der Waals surface area contributed by atoms with E-state index in [9.17, 15) is 0 Å². The number of fused-ring (bicyclic) bond motifs is 1. The van der Waals surface area contributed by atoms with Crippen LogP contribution in [0.15, 0.2) is 18.2 Å². The summed E-state index contributed by atoms with van der Waals surface area (Å²) in [5.41, 5.74) is 7.05. The zero-order valence-corrected chi connectivity index (χ0v) is 12.5. The van der Waals surface area contributed by atoms with Gasteiger partial charge in [-0.2, -0.15) is 0 Å². The summed E-state index contributed by atoms with van der Waals surface area (Å²) in [7, 11) is 3.29. The number of hydrogen-bond acceptors (Lipinski definition) is 5. The van der Waals surface area contributed by atoms with Crippen molar-refractivity contribution in [3.63, 3.8) is 0 Å². The second-order valence-electron chi connectivity index (χ2n) is 5.51. The molecule has 21 heavy (non-hydrogen) atoms. The number of rotatable bonds is 3. The van der Waals surface area contributed by atoms with Crippen molar-refractivity contribution in [3.8, 4) is 22.9 Å². The van der Waals surface area contributed by atoms with Gasteiger partial charge in [0.25, 0.3) is 0 Å². The van der Waals surface area contributed by atoms with Gasteiger partial charge in [0.15, 0.2) is 5.82 Å². The summed E-state index contributed by atoms with van der Waals surface area (Å²) < 4.78 is 12.8. The van der Waals surface area contributed by atoms with E-state index in [4.69, 9.17) is 15.2 Å². The third kappa shape index (κ3) is 2.35. The molecule has 2 aromatic rings. The fraction of sp³-hybridized carbons (Fsp3) is 0.467. The normalized spacial score (nSPS) is 21.0. The Labute approximate surface area is 123 Å². The number of hydrogen-bond donors (Lipinski definition) is 1. The lowest BCUT2D eigenvalue weighted by atomic mass is 9.97. The first-order chi connectivity index (χ1) is 10.1. The van der Waals surface area contributed by atoms with Crippen LogP contribution in [0.2, 0.25) is 0 Å². The van der Waals surface area contributed by atoms with Crippen molar-refractivity contribution in [2.75, 3.05) is 14.2 Å². The van der Waals surface area contributed by atoms with Crippen molar-refractivity contribution in [1.82, 2.24) is 14.8 Å². The highest BCUT2D eigenvalue weighted by molar-refractivity contribution is 5.66. The molecule has 2 unspecified atom stereocenters. The van der Waals surface area contributed by atoms with Crippen LogP contribution < -0.4 is 15.2 Å². The highest BCUT2D eigenvalue weighted by Gasteiger charge is 2.28. The van der Waals surface area contributed by atoms with Crippen molar-refractivity contribution in [3.05, 3.63) is 24.0 Å². The van der Waals surface area contributed by atoms with E-state index in [2.05, 4.69) is 21.7 Å². The van der Waals surface area contributed by atoms with E-state index in [1.807, 2.05) is 18.2 Å². The van der Waals surface area contributed by atoms with Crippen LogP contribution in [-0.4, -0.2) is 29.0 Å². The van der Waals surface area contributed by atoms with Crippen LogP contribution in [0.25, 0.3) is 11.4 Å². The van der Waals surface area contributed by atoms with E-state index in [0.29, 0.717) is 5.92 Å². The molecule has 0 spiro atoms. The molecule has 1 aliphatic heterocycles. The highest BCUT2D eigenvalue weighted by Crippen LogP contribution is 2.36. The van der Waals surface area contributed by atoms with Gasteiger partial charge >= 0.3 is 0 Å². The first-order valence-electron chi connectivity index (χ1n) is 7.05. The van der Waals surface area contributed by atoms with Crippen LogP contribution in [0, 0.1) is 5.92 Å². The zero-order chi connectivity index (χ0) is 15.0. The van der Waals surface area contributed by atoms with E-state index in [1.54, 1.807) is 14.2 Å². The van der Waals surface area contributed by atoms with Gasteiger partial charge in [0.1, 0.15) is 17.3 Å². The minimum atomic E-state index is -0.0633. The standard InChI is InChI=1S/C15H20N4O2/c1-9-6-12(16)15-18-17-14(19(15)8-9)11-7-10(20-2)4-5-13(11)21-3/h4-5,7,9,12H,6,8,16H2,1-3H3. The monoisotopic (exact) mass is 288 g/mol. The van der Waals surface area contributed by atoms with Crippen molar-refractivity contribution >= 4 is 0 Å². The maximum Gasteiger partial charge on any atom is 0.167 e. The molecular formula is C15H20N4O2. The van der Waals surface area contributed by atoms with Crippen LogP contribution in [0.1, 0.15) is 25.2 Å². The van der Waals surface area contributed by atoms with Gasteiger partial charge in [-0.3, -0.25) is 0 Å². The molecule has 0 saturated heterocycles. The molecule has 2 N–H and O–H groups in total. The van der Waals surface area contributed by atoms with Crippen molar-refractivity contribution in [2.24, 2.45) is 11.7 Å². The number of ether oxygens (including phenoxy) is 2. The van der Waals surface area contributed by atoms with Crippen LogP contribution >= 0.6 is 0 Å². The maximum atomic E-state index is 6.18. The summed E-state index contributed by atoms with van der Waals surface area (Å²) in [5, 5.41) is 8.61. The SMILES string of the molecule is COc1ccc(OC)c(-c2nnc3n2CC(C)CC3N)c1. The van der Waals surface area contributed by atoms with Crippen LogP contribution in [0.3, 0.4) is 0 Å². The van der Waals surface area contributed by atoms with Gasteiger partial charge < -0.3 is 19.8 Å². The van der Waals surface area contributed by atoms with Gasteiger partial charge in [0.2, 0.25) is 0 Å². The minimum Gasteiger partial charge on any atom is -0.497 e. The van der Waals surface area contributed by atoms with E-state index < -0.39 is 0 Å². The fourth-order valence-electron chi connectivity index (χ4n) is 2.88. The summed E-state index contributed by atoms with van der Waals surface area (Å²) in [5.74, 6) is 3.63. The summed E-state index contributed by atoms with van der Waals surface area (Å²) in [6.45, 7) is 3.06. The second-order valence-corrected chi connectivity index (χ2v) is 5.51. The molecule has 0 aliphatic carbocycles. The number of aromatic nitrogens is 3. The van der Waals surface area contributed by atoms with Crippen LogP contribution in [0.5, 0.6) is 11.5 Å². The zero-order valence-electron chi connectivity index (χ0n) is 12.5. The summed E-state index contributed by atoms with van der Waals surface area (Å²) in [6.07, 6.45) is 0.938. The molecule has 6 nitrogen and oxygen atoms in total. The van der Waals surface area contributed by atoms with E-state index in [1.165, 1.54) is 0 Å². The van der Waals surface area contributed by atoms with Gasteiger partial charge in [-0.1, -0.05) is 6.92 Å². The average Bonchev–Trinajstić information content (AvgIpc) is 2.90. The predicted molar refractivity (Wildman–Crippen MR) is 79.3 cm³/mol. The fourth-order valence-corrected chi connectivity index (χ4v) is 2.88. The van der Waals surface area contributed by atoms with Crippen LogP contribution in [-0.2, 0) is 6.54 Å². The first-order valence-corrected chi connectivity index (χ1v) is 7.05. The summed E-state index contributed by atoms with van der Waals surface area (Å²) in [6, 6.07) is 5.60. The molecule has 112 valence electrons. The summed E-state index contributed by atoms with van der Waals surface area (Å²) in [4.78, 5) is 0. The van der Waals surface area contributed by atoms with Gasteiger partial charge in [0, 0.05) is 6.54 Å². The first kappa shape index (κ1) is 13.9. The molecular weight excluding hydrogens is 268 g/mol. The molecule has 6 heteroatoms. The number of nitrogens with zero attached hydrogens (tertiary/aromatic N) is 3. The Morgan fingerprint density at radius 3 is 2.76 bits per heavy atom. The molecule has 0 saturated carbocycles. The predicted octanol–water partition coefficient (Wildman–Crippen LogP) is 2.00. The van der Waals surface area contributed by atoms with Crippen molar-refractivity contribution < 1.29 is 9.47 Å². The summed E-state index contributed by atoms with van der Waals surface area (Å²) >= 11 is 0. The molecule has 3 rings (SSSR count). The molecule has 2 heterocycles. The third-order valence-corrected chi connectivity index (χ3v) is 3.91. The quantitative estimate of drug-likeness (QED) is 0.935. The lowest BCUT2D eigenvalue weighted by Crippen LogP contribution is -2.27. The Hall–Kier alpha value is -2.08. The lowest BCUT2D eigenvalue weighted by molar-refractivity contribution is 0.347. The number of benzene rings is 1. The van der Waals surface area contributed by atoms with Gasteiger partial charge in [-0.15, -0.1) is 10.2 Å². The van der Waals surface area contributed by atoms with Crippen LogP contribution in [0.4, 0.5) is 0 Å². The molecule has 2 atom stereocenters. The smallest absolute Gasteiger partial charge is 0.167 e.